The Hall–Kier alpha value is -0.870. The number of Topliss-reactive ketones (excluding diaryl/α,β-unsaturated/α-hetero) is 1. The summed E-state index contributed by atoms with van der Waals surface area (Å²) in [7, 11) is 1.30. The highest BCUT2D eigenvalue weighted by Crippen LogP contribution is 2.29. The number of ether oxygens (including phenoxy) is 1. The van der Waals surface area contributed by atoms with Crippen molar-refractivity contribution in [2.24, 2.45) is 0 Å². The molecule has 1 aromatic rings. The van der Waals surface area contributed by atoms with Crippen molar-refractivity contribution in [1.29, 1.82) is 0 Å². The SMILES string of the molecule is COC(=O)c1ccc(Br)c(C(Cl)C(C)=O)c1. The molecule has 1 rings (SSSR count). The van der Waals surface area contributed by atoms with E-state index in [1.165, 1.54) is 14.0 Å². The van der Waals surface area contributed by atoms with Crippen LogP contribution in [0.1, 0.15) is 28.2 Å². The zero-order chi connectivity index (χ0) is 12.3. The van der Waals surface area contributed by atoms with Crippen LogP contribution in [0.25, 0.3) is 0 Å². The first-order chi connectivity index (χ1) is 7.47. The third-order valence-electron chi connectivity index (χ3n) is 2.05. The molecule has 0 bridgehead atoms. The smallest absolute Gasteiger partial charge is 0.337 e. The molecule has 0 aliphatic carbocycles. The molecule has 0 saturated heterocycles. The normalized spacial score (nSPS) is 12.0. The fourth-order valence-electron chi connectivity index (χ4n) is 1.20. The second-order valence-corrected chi connectivity index (χ2v) is 4.49. The number of ketones is 1. The van der Waals surface area contributed by atoms with Crippen LogP contribution < -0.4 is 0 Å². The second kappa shape index (κ2) is 5.46. The number of hydrogen-bond donors (Lipinski definition) is 0. The molecule has 16 heavy (non-hydrogen) atoms. The Balaban J connectivity index is 3.18. The Morgan fingerprint density at radius 2 is 2.06 bits per heavy atom. The van der Waals surface area contributed by atoms with Gasteiger partial charge in [-0.15, -0.1) is 11.6 Å². The van der Waals surface area contributed by atoms with Gasteiger partial charge in [0.1, 0.15) is 5.38 Å². The van der Waals surface area contributed by atoms with Crippen molar-refractivity contribution in [3.63, 3.8) is 0 Å². The molecule has 86 valence electrons. The number of rotatable bonds is 3. The van der Waals surface area contributed by atoms with Gasteiger partial charge in [-0.25, -0.2) is 4.79 Å². The van der Waals surface area contributed by atoms with Crippen LogP contribution in [0.15, 0.2) is 22.7 Å². The molecule has 1 aromatic carbocycles. The Labute approximate surface area is 107 Å². The number of carbonyl (C=O) groups is 2. The number of benzene rings is 1. The van der Waals surface area contributed by atoms with Gasteiger partial charge in [-0.2, -0.15) is 0 Å². The Morgan fingerprint density at radius 1 is 1.44 bits per heavy atom. The van der Waals surface area contributed by atoms with E-state index in [-0.39, 0.29) is 5.78 Å². The summed E-state index contributed by atoms with van der Waals surface area (Å²) in [4.78, 5) is 22.5. The second-order valence-electron chi connectivity index (χ2n) is 3.20. The molecule has 1 unspecified atom stereocenters. The average Bonchev–Trinajstić information content (AvgIpc) is 2.27. The predicted octanol–water partition coefficient (Wildman–Crippen LogP) is 3.10. The molecule has 0 fully saturated rings. The van der Waals surface area contributed by atoms with Crippen molar-refractivity contribution in [3.8, 4) is 0 Å². The van der Waals surface area contributed by atoms with Crippen LogP contribution >= 0.6 is 27.5 Å². The van der Waals surface area contributed by atoms with Crippen LogP contribution in [0.5, 0.6) is 0 Å². The van der Waals surface area contributed by atoms with Gasteiger partial charge in [0.25, 0.3) is 0 Å². The molecule has 0 aliphatic heterocycles. The van der Waals surface area contributed by atoms with Gasteiger partial charge in [0.05, 0.1) is 12.7 Å². The lowest BCUT2D eigenvalue weighted by Crippen LogP contribution is -2.06. The molecular formula is C11H10BrClO3. The van der Waals surface area contributed by atoms with Gasteiger partial charge in [0, 0.05) is 4.47 Å². The maximum atomic E-state index is 11.3. The first kappa shape index (κ1) is 13.2. The monoisotopic (exact) mass is 304 g/mol. The van der Waals surface area contributed by atoms with E-state index in [2.05, 4.69) is 20.7 Å². The van der Waals surface area contributed by atoms with Gasteiger partial charge in [0.15, 0.2) is 5.78 Å². The highest BCUT2D eigenvalue weighted by atomic mass is 79.9. The third kappa shape index (κ3) is 2.83. The highest BCUT2D eigenvalue weighted by molar-refractivity contribution is 9.10. The van der Waals surface area contributed by atoms with Crippen molar-refractivity contribution in [2.45, 2.75) is 12.3 Å². The molecule has 1 atom stereocenters. The average molecular weight is 306 g/mol. The topological polar surface area (TPSA) is 43.4 Å². The molecule has 0 radical (unpaired) electrons. The zero-order valence-electron chi connectivity index (χ0n) is 8.79. The number of carbonyl (C=O) groups excluding carboxylic acids is 2. The molecule has 5 heteroatoms. The predicted molar refractivity (Wildman–Crippen MR) is 64.8 cm³/mol. The summed E-state index contributed by atoms with van der Waals surface area (Å²) in [5.74, 6) is -0.634. The number of alkyl halides is 1. The van der Waals surface area contributed by atoms with E-state index >= 15 is 0 Å². The molecule has 0 aliphatic rings. The molecule has 0 heterocycles. The maximum Gasteiger partial charge on any atom is 0.337 e. The largest absolute Gasteiger partial charge is 0.465 e. The van der Waals surface area contributed by atoms with Gasteiger partial charge < -0.3 is 4.74 Å². The molecule has 0 spiro atoms. The van der Waals surface area contributed by atoms with Crippen LogP contribution in [0.3, 0.4) is 0 Å². The van der Waals surface area contributed by atoms with E-state index in [1.54, 1.807) is 18.2 Å². The van der Waals surface area contributed by atoms with E-state index in [0.717, 1.165) is 0 Å². The number of methoxy groups -OCH3 is 1. The minimum atomic E-state index is -0.765. The maximum absolute atomic E-state index is 11.3. The highest BCUT2D eigenvalue weighted by Gasteiger charge is 2.18. The van der Waals surface area contributed by atoms with Crippen molar-refractivity contribution < 1.29 is 14.3 Å². The third-order valence-corrected chi connectivity index (χ3v) is 3.31. The van der Waals surface area contributed by atoms with Gasteiger partial charge in [-0.3, -0.25) is 4.79 Å². The Kier molecular flexibility index (Phi) is 4.50. The Morgan fingerprint density at radius 3 is 2.56 bits per heavy atom. The van der Waals surface area contributed by atoms with Gasteiger partial charge >= 0.3 is 5.97 Å². The van der Waals surface area contributed by atoms with Gasteiger partial charge in [-0.05, 0) is 30.7 Å². The summed E-state index contributed by atoms with van der Waals surface area (Å²) in [5, 5.41) is -0.765. The Bertz CT molecular complexity index is 431. The van der Waals surface area contributed by atoms with E-state index in [4.69, 9.17) is 11.6 Å². The van der Waals surface area contributed by atoms with Crippen LogP contribution in [0, 0.1) is 0 Å². The fourth-order valence-corrected chi connectivity index (χ4v) is 1.99. The minimum Gasteiger partial charge on any atom is -0.465 e. The first-order valence-corrected chi connectivity index (χ1v) is 5.72. The van der Waals surface area contributed by atoms with Crippen molar-refractivity contribution in [2.75, 3.05) is 7.11 Å². The molecule has 0 saturated carbocycles. The van der Waals surface area contributed by atoms with E-state index in [1.807, 2.05) is 0 Å². The molecule has 3 nitrogen and oxygen atoms in total. The summed E-state index contributed by atoms with van der Waals surface area (Å²) in [6.07, 6.45) is 0. The van der Waals surface area contributed by atoms with E-state index < -0.39 is 11.3 Å². The van der Waals surface area contributed by atoms with Crippen LogP contribution in [-0.2, 0) is 9.53 Å². The summed E-state index contributed by atoms with van der Waals surface area (Å²) < 4.78 is 5.28. The summed E-state index contributed by atoms with van der Waals surface area (Å²) in [6.45, 7) is 1.40. The lowest BCUT2D eigenvalue weighted by atomic mass is 10.1. The number of hydrogen-bond acceptors (Lipinski definition) is 3. The molecule has 0 amide bonds. The van der Waals surface area contributed by atoms with E-state index in [9.17, 15) is 9.59 Å². The number of esters is 1. The van der Waals surface area contributed by atoms with Crippen molar-refractivity contribution in [1.82, 2.24) is 0 Å². The van der Waals surface area contributed by atoms with Gasteiger partial charge in [-0.1, -0.05) is 15.9 Å². The van der Waals surface area contributed by atoms with Crippen molar-refractivity contribution in [3.05, 3.63) is 33.8 Å². The van der Waals surface area contributed by atoms with Crippen LogP contribution in [0.4, 0.5) is 0 Å². The molecular weight excluding hydrogens is 295 g/mol. The lowest BCUT2D eigenvalue weighted by molar-refractivity contribution is -0.116. The molecule has 0 aromatic heterocycles. The van der Waals surface area contributed by atoms with Crippen molar-refractivity contribution >= 4 is 39.3 Å². The number of halogens is 2. The minimum absolute atomic E-state index is 0.176. The van der Waals surface area contributed by atoms with E-state index in [0.29, 0.717) is 15.6 Å². The molecule has 0 N–H and O–H groups in total. The zero-order valence-corrected chi connectivity index (χ0v) is 11.1. The summed E-state index contributed by atoms with van der Waals surface area (Å²) in [6, 6.07) is 4.82. The summed E-state index contributed by atoms with van der Waals surface area (Å²) in [5.41, 5.74) is 0.935. The summed E-state index contributed by atoms with van der Waals surface area (Å²) >= 11 is 9.22. The first-order valence-electron chi connectivity index (χ1n) is 4.49. The van der Waals surface area contributed by atoms with Crippen LogP contribution in [0.2, 0.25) is 0 Å². The van der Waals surface area contributed by atoms with Crippen LogP contribution in [-0.4, -0.2) is 18.9 Å². The van der Waals surface area contributed by atoms with Gasteiger partial charge in [0.2, 0.25) is 0 Å². The standard InChI is InChI=1S/C11H10BrClO3/c1-6(14)10(13)8-5-7(11(15)16-2)3-4-9(8)12/h3-5,10H,1-2H3. The quantitative estimate of drug-likeness (QED) is 0.636. The lowest BCUT2D eigenvalue weighted by Gasteiger charge is -2.10. The fraction of sp³-hybridized carbons (Fsp3) is 0.273.